The average Bonchev–Trinajstić information content (AvgIpc) is 2.37. The fourth-order valence-electron chi connectivity index (χ4n) is 1.32. The van der Waals surface area contributed by atoms with Crippen molar-refractivity contribution in [2.45, 2.75) is 19.9 Å². The van der Waals surface area contributed by atoms with Crippen LogP contribution in [0.15, 0.2) is 24.3 Å². The Morgan fingerprint density at radius 3 is 2.79 bits per heavy atom. The van der Waals surface area contributed by atoms with Crippen LogP contribution in [0.4, 0.5) is 5.69 Å². The minimum absolute atomic E-state index is 0.0570. The van der Waals surface area contributed by atoms with Crippen LogP contribution >= 0.6 is 0 Å². The summed E-state index contributed by atoms with van der Waals surface area (Å²) < 4.78 is 5.31. The van der Waals surface area contributed by atoms with Crippen molar-refractivity contribution in [1.82, 2.24) is 5.32 Å². The van der Waals surface area contributed by atoms with Gasteiger partial charge in [0.05, 0.1) is 6.04 Å². The summed E-state index contributed by atoms with van der Waals surface area (Å²) in [4.78, 5) is 22.7. The minimum Gasteiger partial charge on any atom is -0.484 e. The zero-order chi connectivity index (χ0) is 14.3. The molecular weight excluding hydrogens is 246 g/mol. The lowest BCUT2D eigenvalue weighted by atomic mass is 10.2. The third kappa shape index (κ3) is 5.39. The lowest BCUT2D eigenvalue weighted by molar-refractivity contribution is -0.123. The van der Waals surface area contributed by atoms with Gasteiger partial charge in [0.2, 0.25) is 5.91 Å². The standard InChI is InChI=1S/C13H19N3O3/c1-3-15-12(17)8-19-11-6-4-5-10(7-11)16-13(18)9(2)14/h4-7,9H,3,8,14H2,1-2H3,(H,15,17)(H,16,18). The number of nitrogens with two attached hydrogens (primary N) is 1. The molecular formula is C13H19N3O3. The van der Waals surface area contributed by atoms with E-state index in [0.29, 0.717) is 18.0 Å². The molecule has 0 aromatic heterocycles. The maximum Gasteiger partial charge on any atom is 0.257 e. The fourth-order valence-corrected chi connectivity index (χ4v) is 1.32. The molecule has 4 N–H and O–H groups in total. The summed E-state index contributed by atoms with van der Waals surface area (Å²) in [6.45, 7) is 3.94. The molecule has 6 nitrogen and oxygen atoms in total. The monoisotopic (exact) mass is 265 g/mol. The van der Waals surface area contributed by atoms with E-state index in [1.165, 1.54) is 0 Å². The number of nitrogens with one attached hydrogen (secondary N) is 2. The first-order valence-corrected chi connectivity index (χ1v) is 6.09. The number of likely N-dealkylation sites (N-methyl/N-ethyl adjacent to an activating group) is 1. The molecule has 0 fully saturated rings. The maximum absolute atomic E-state index is 11.4. The zero-order valence-corrected chi connectivity index (χ0v) is 11.1. The number of anilines is 1. The molecule has 1 atom stereocenters. The van der Waals surface area contributed by atoms with Gasteiger partial charge in [-0.05, 0) is 26.0 Å². The molecule has 0 aliphatic heterocycles. The van der Waals surface area contributed by atoms with E-state index in [1.54, 1.807) is 31.2 Å². The van der Waals surface area contributed by atoms with E-state index in [1.807, 2.05) is 6.92 Å². The Morgan fingerprint density at radius 2 is 2.16 bits per heavy atom. The maximum atomic E-state index is 11.4. The van der Waals surface area contributed by atoms with Crippen molar-refractivity contribution < 1.29 is 14.3 Å². The van der Waals surface area contributed by atoms with Gasteiger partial charge in [-0.25, -0.2) is 0 Å². The van der Waals surface area contributed by atoms with Crippen LogP contribution in [-0.2, 0) is 9.59 Å². The molecule has 1 aromatic rings. The smallest absolute Gasteiger partial charge is 0.257 e. The number of ether oxygens (including phenoxy) is 1. The van der Waals surface area contributed by atoms with Gasteiger partial charge in [-0.1, -0.05) is 6.07 Å². The van der Waals surface area contributed by atoms with Crippen LogP contribution in [-0.4, -0.2) is 31.0 Å². The van der Waals surface area contributed by atoms with E-state index in [-0.39, 0.29) is 18.4 Å². The van der Waals surface area contributed by atoms with Gasteiger partial charge in [-0.2, -0.15) is 0 Å². The van der Waals surface area contributed by atoms with E-state index < -0.39 is 6.04 Å². The molecule has 0 bridgehead atoms. The molecule has 1 unspecified atom stereocenters. The lowest BCUT2D eigenvalue weighted by Gasteiger charge is -2.10. The molecule has 0 heterocycles. The van der Waals surface area contributed by atoms with Crippen LogP contribution in [0.5, 0.6) is 5.75 Å². The first-order valence-electron chi connectivity index (χ1n) is 6.09. The first kappa shape index (κ1) is 15.0. The van der Waals surface area contributed by atoms with Crippen molar-refractivity contribution in [2.75, 3.05) is 18.5 Å². The van der Waals surface area contributed by atoms with Crippen molar-refractivity contribution >= 4 is 17.5 Å². The van der Waals surface area contributed by atoms with Gasteiger partial charge in [0, 0.05) is 18.3 Å². The van der Waals surface area contributed by atoms with Crippen molar-refractivity contribution in [3.05, 3.63) is 24.3 Å². The van der Waals surface area contributed by atoms with Gasteiger partial charge < -0.3 is 21.1 Å². The summed E-state index contributed by atoms with van der Waals surface area (Å²) in [7, 11) is 0. The number of hydrogen-bond acceptors (Lipinski definition) is 4. The van der Waals surface area contributed by atoms with Crippen LogP contribution in [0.3, 0.4) is 0 Å². The number of hydrogen-bond donors (Lipinski definition) is 3. The summed E-state index contributed by atoms with van der Waals surface area (Å²) in [6, 6.07) is 6.21. The first-order chi connectivity index (χ1) is 9.02. The summed E-state index contributed by atoms with van der Waals surface area (Å²) in [5, 5.41) is 5.28. The predicted molar refractivity (Wildman–Crippen MR) is 72.9 cm³/mol. The van der Waals surface area contributed by atoms with E-state index in [2.05, 4.69) is 10.6 Å². The van der Waals surface area contributed by atoms with Crippen molar-refractivity contribution in [2.24, 2.45) is 5.73 Å². The van der Waals surface area contributed by atoms with E-state index in [0.717, 1.165) is 0 Å². The number of carbonyl (C=O) groups excluding carboxylic acids is 2. The number of benzene rings is 1. The highest BCUT2D eigenvalue weighted by Gasteiger charge is 2.08. The van der Waals surface area contributed by atoms with Crippen molar-refractivity contribution in [3.63, 3.8) is 0 Å². The molecule has 0 saturated heterocycles. The summed E-state index contributed by atoms with van der Waals surface area (Å²) in [6.07, 6.45) is 0. The van der Waals surface area contributed by atoms with E-state index in [9.17, 15) is 9.59 Å². The van der Waals surface area contributed by atoms with E-state index >= 15 is 0 Å². The number of rotatable bonds is 6. The van der Waals surface area contributed by atoms with Gasteiger partial charge >= 0.3 is 0 Å². The average molecular weight is 265 g/mol. The number of amides is 2. The highest BCUT2D eigenvalue weighted by Crippen LogP contribution is 2.17. The molecule has 19 heavy (non-hydrogen) atoms. The Bertz CT molecular complexity index is 447. The molecule has 1 rings (SSSR count). The highest BCUT2D eigenvalue weighted by molar-refractivity contribution is 5.94. The van der Waals surface area contributed by atoms with Gasteiger partial charge in [0.25, 0.3) is 5.91 Å². The molecule has 0 aliphatic rings. The molecule has 104 valence electrons. The molecule has 6 heteroatoms. The van der Waals surface area contributed by atoms with Gasteiger partial charge in [-0.3, -0.25) is 9.59 Å². The largest absolute Gasteiger partial charge is 0.484 e. The lowest BCUT2D eigenvalue weighted by Crippen LogP contribution is -2.32. The fraction of sp³-hybridized carbons (Fsp3) is 0.385. The molecule has 0 aliphatic carbocycles. The number of carbonyl (C=O) groups is 2. The minimum atomic E-state index is -0.583. The molecule has 1 aromatic carbocycles. The van der Waals surface area contributed by atoms with Crippen LogP contribution < -0.4 is 21.1 Å². The second-order valence-corrected chi connectivity index (χ2v) is 4.05. The molecule has 2 amide bonds. The normalized spacial score (nSPS) is 11.5. The van der Waals surface area contributed by atoms with Crippen molar-refractivity contribution in [3.8, 4) is 5.75 Å². The Hall–Kier alpha value is -2.08. The van der Waals surface area contributed by atoms with Crippen LogP contribution in [0.1, 0.15) is 13.8 Å². The van der Waals surface area contributed by atoms with Gasteiger partial charge in [0.1, 0.15) is 5.75 Å². The second kappa shape index (κ2) is 7.38. The Kier molecular flexibility index (Phi) is 5.81. The van der Waals surface area contributed by atoms with Crippen LogP contribution in [0.25, 0.3) is 0 Å². The van der Waals surface area contributed by atoms with Gasteiger partial charge in [0.15, 0.2) is 6.61 Å². The second-order valence-electron chi connectivity index (χ2n) is 4.05. The highest BCUT2D eigenvalue weighted by atomic mass is 16.5. The third-order valence-electron chi connectivity index (χ3n) is 2.26. The molecule has 0 radical (unpaired) electrons. The summed E-state index contributed by atoms with van der Waals surface area (Å²) in [5.74, 6) is 0.0436. The Balaban J connectivity index is 2.57. The zero-order valence-electron chi connectivity index (χ0n) is 11.1. The topological polar surface area (TPSA) is 93.5 Å². The van der Waals surface area contributed by atoms with Gasteiger partial charge in [-0.15, -0.1) is 0 Å². The SMILES string of the molecule is CCNC(=O)COc1cccc(NC(=O)C(C)N)c1. The Labute approximate surface area is 112 Å². The summed E-state index contributed by atoms with van der Waals surface area (Å²) in [5.41, 5.74) is 6.04. The quantitative estimate of drug-likeness (QED) is 0.697. The van der Waals surface area contributed by atoms with E-state index in [4.69, 9.17) is 10.5 Å². The summed E-state index contributed by atoms with van der Waals surface area (Å²) >= 11 is 0. The molecule has 0 saturated carbocycles. The van der Waals surface area contributed by atoms with Crippen LogP contribution in [0, 0.1) is 0 Å². The predicted octanol–water partition coefficient (Wildman–Crippen LogP) is 0.487. The van der Waals surface area contributed by atoms with Crippen molar-refractivity contribution in [1.29, 1.82) is 0 Å². The Morgan fingerprint density at radius 1 is 1.42 bits per heavy atom. The third-order valence-corrected chi connectivity index (χ3v) is 2.26. The van der Waals surface area contributed by atoms with Crippen LogP contribution in [0.2, 0.25) is 0 Å². The molecule has 0 spiro atoms.